The molecule has 2 heterocycles. The van der Waals surface area contributed by atoms with Gasteiger partial charge in [-0.3, -0.25) is 14.3 Å². The Morgan fingerprint density at radius 3 is 2.74 bits per heavy atom. The normalized spacial score (nSPS) is 14.7. The highest BCUT2D eigenvalue weighted by atomic mass is 16.2. The highest BCUT2D eigenvalue weighted by Crippen LogP contribution is 2.39. The molecule has 0 bridgehead atoms. The van der Waals surface area contributed by atoms with Crippen molar-refractivity contribution in [2.24, 2.45) is 5.92 Å². The number of rotatable bonds is 6. The summed E-state index contributed by atoms with van der Waals surface area (Å²) in [5, 5.41) is 11.4. The van der Waals surface area contributed by atoms with E-state index < -0.39 is 0 Å². The Morgan fingerprint density at radius 1 is 1.22 bits per heavy atom. The average Bonchev–Trinajstić information content (AvgIpc) is 3.43. The number of carbonyl (C=O) groups excluding carboxylic acids is 1. The molecule has 7 heteroatoms. The van der Waals surface area contributed by atoms with Crippen LogP contribution in [0.1, 0.15) is 25.8 Å². The monoisotopic (exact) mass is 363 g/mol. The first-order valence-electron chi connectivity index (χ1n) is 9.08. The molecule has 0 aliphatic heterocycles. The minimum Gasteiger partial charge on any atom is -0.322 e. The van der Waals surface area contributed by atoms with Crippen LogP contribution in [0.2, 0.25) is 0 Å². The number of benzene rings is 1. The first-order valence-corrected chi connectivity index (χ1v) is 9.08. The second-order valence-electron chi connectivity index (χ2n) is 6.92. The molecule has 1 atom stereocenters. The lowest BCUT2D eigenvalue weighted by atomic mass is 10.1. The minimum atomic E-state index is -0.317. The summed E-state index contributed by atoms with van der Waals surface area (Å²) in [7, 11) is 0. The molecule has 1 amide bonds. The van der Waals surface area contributed by atoms with E-state index in [2.05, 4.69) is 22.4 Å². The van der Waals surface area contributed by atoms with Crippen LogP contribution in [0.15, 0.2) is 59.7 Å². The summed E-state index contributed by atoms with van der Waals surface area (Å²) in [5.74, 6) is 0.366. The summed E-state index contributed by atoms with van der Waals surface area (Å²) in [5.41, 5.74) is 1.85. The molecule has 1 aliphatic rings. The van der Waals surface area contributed by atoms with Crippen molar-refractivity contribution >= 4 is 11.6 Å². The summed E-state index contributed by atoms with van der Waals surface area (Å²) in [6, 6.07) is 13.0. The molecule has 0 spiro atoms. The Balaban J connectivity index is 1.46. The summed E-state index contributed by atoms with van der Waals surface area (Å²) in [6.07, 6.45) is 5.93. The van der Waals surface area contributed by atoms with E-state index in [9.17, 15) is 9.59 Å². The Bertz CT molecular complexity index is 1000. The van der Waals surface area contributed by atoms with Crippen LogP contribution in [-0.4, -0.2) is 25.5 Å². The fourth-order valence-electron chi connectivity index (χ4n) is 3.08. The molecule has 138 valence electrons. The molecule has 2 aromatic heterocycles. The van der Waals surface area contributed by atoms with E-state index in [0.29, 0.717) is 23.3 Å². The van der Waals surface area contributed by atoms with Gasteiger partial charge in [-0.05, 0) is 31.7 Å². The maximum atomic E-state index is 12.4. The summed E-state index contributed by atoms with van der Waals surface area (Å²) in [6.45, 7) is 1.98. The number of hydrogen-bond acceptors (Lipinski definition) is 4. The van der Waals surface area contributed by atoms with Crippen LogP contribution in [-0.2, 0) is 11.3 Å². The van der Waals surface area contributed by atoms with Crippen molar-refractivity contribution in [3.8, 4) is 11.3 Å². The van der Waals surface area contributed by atoms with Crippen LogP contribution >= 0.6 is 0 Å². The first-order chi connectivity index (χ1) is 13.1. The molecule has 4 rings (SSSR count). The molecule has 1 aromatic carbocycles. The van der Waals surface area contributed by atoms with Gasteiger partial charge in [-0.25, -0.2) is 4.68 Å². The van der Waals surface area contributed by atoms with Crippen molar-refractivity contribution in [2.45, 2.75) is 32.4 Å². The molecule has 1 saturated carbocycles. The van der Waals surface area contributed by atoms with E-state index in [1.807, 2.05) is 41.2 Å². The van der Waals surface area contributed by atoms with Gasteiger partial charge in [0.25, 0.3) is 5.56 Å². The Morgan fingerprint density at radius 2 is 2.00 bits per heavy atom. The third kappa shape index (κ3) is 3.97. The first kappa shape index (κ1) is 17.2. The Hall–Kier alpha value is -3.22. The van der Waals surface area contributed by atoms with Gasteiger partial charge in [-0.2, -0.15) is 10.2 Å². The maximum Gasteiger partial charge on any atom is 0.267 e. The number of nitrogens with one attached hydrogen (secondary N) is 1. The van der Waals surface area contributed by atoms with E-state index in [1.54, 1.807) is 12.3 Å². The van der Waals surface area contributed by atoms with E-state index >= 15 is 0 Å². The lowest BCUT2D eigenvalue weighted by molar-refractivity contribution is -0.117. The lowest BCUT2D eigenvalue weighted by Crippen LogP contribution is -2.29. The molecule has 1 aliphatic carbocycles. The van der Waals surface area contributed by atoms with Crippen LogP contribution in [0.25, 0.3) is 11.3 Å². The van der Waals surface area contributed by atoms with E-state index in [0.717, 1.165) is 5.56 Å². The molecule has 27 heavy (non-hydrogen) atoms. The van der Waals surface area contributed by atoms with Gasteiger partial charge < -0.3 is 5.32 Å². The summed E-state index contributed by atoms with van der Waals surface area (Å²) < 4.78 is 3.06. The highest BCUT2D eigenvalue weighted by Gasteiger charge is 2.29. The van der Waals surface area contributed by atoms with Crippen molar-refractivity contribution < 1.29 is 4.79 Å². The second kappa shape index (κ2) is 7.19. The number of aromatic nitrogens is 4. The van der Waals surface area contributed by atoms with Crippen molar-refractivity contribution in [1.82, 2.24) is 19.6 Å². The SMILES string of the molecule is CC(C1CC1)n1cc(NC(=O)Cn2nc(-c3ccccc3)ccc2=O)cn1. The molecule has 0 radical (unpaired) electrons. The zero-order valence-corrected chi connectivity index (χ0v) is 15.1. The molecule has 0 saturated heterocycles. The van der Waals surface area contributed by atoms with Crippen LogP contribution < -0.4 is 10.9 Å². The number of nitrogens with zero attached hydrogens (tertiary/aromatic N) is 4. The predicted molar refractivity (Wildman–Crippen MR) is 102 cm³/mol. The number of anilines is 1. The van der Waals surface area contributed by atoms with Gasteiger partial charge >= 0.3 is 0 Å². The maximum absolute atomic E-state index is 12.4. The minimum absolute atomic E-state index is 0.150. The third-order valence-corrected chi connectivity index (χ3v) is 4.84. The van der Waals surface area contributed by atoms with Gasteiger partial charge in [0.05, 0.1) is 23.6 Å². The smallest absolute Gasteiger partial charge is 0.267 e. The molecule has 1 unspecified atom stereocenters. The van der Waals surface area contributed by atoms with E-state index in [1.165, 1.54) is 23.6 Å². The van der Waals surface area contributed by atoms with Gasteiger partial charge in [0.2, 0.25) is 5.91 Å². The molecule has 3 aromatic rings. The Labute approximate surface area is 156 Å². The zero-order valence-electron chi connectivity index (χ0n) is 15.1. The topological polar surface area (TPSA) is 81.8 Å². The van der Waals surface area contributed by atoms with Crippen molar-refractivity contribution in [2.75, 3.05) is 5.32 Å². The number of carbonyl (C=O) groups is 1. The van der Waals surface area contributed by atoms with Crippen LogP contribution in [0.3, 0.4) is 0 Å². The quantitative estimate of drug-likeness (QED) is 0.730. The van der Waals surface area contributed by atoms with Gasteiger partial charge in [0.15, 0.2) is 0 Å². The lowest BCUT2D eigenvalue weighted by Gasteiger charge is -2.10. The van der Waals surface area contributed by atoms with Crippen molar-refractivity contribution in [1.29, 1.82) is 0 Å². The molecular weight excluding hydrogens is 342 g/mol. The Kier molecular flexibility index (Phi) is 4.58. The number of hydrogen-bond donors (Lipinski definition) is 1. The zero-order chi connectivity index (χ0) is 18.8. The largest absolute Gasteiger partial charge is 0.322 e. The molecule has 1 fully saturated rings. The van der Waals surface area contributed by atoms with Gasteiger partial charge in [0, 0.05) is 17.8 Å². The van der Waals surface area contributed by atoms with Crippen LogP contribution in [0.5, 0.6) is 0 Å². The second-order valence-corrected chi connectivity index (χ2v) is 6.92. The predicted octanol–water partition coefficient (Wildman–Crippen LogP) is 2.72. The fourth-order valence-corrected chi connectivity index (χ4v) is 3.08. The highest BCUT2D eigenvalue weighted by molar-refractivity contribution is 5.90. The number of amides is 1. The van der Waals surface area contributed by atoms with Crippen molar-refractivity contribution in [3.63, 3.8) is 0 Å². The fraction of sp³-hybridized carbons (Fsp3) is 0.300. The van der Waals surface area contributed by atoms with Crippen LogP contribution in [0, 0.1) is 5.92 Å². The molecule has 1 N–H and O–H groups in total. The van der Waals surface area contributed by atoms with Gasteiger partial charge in [-0.1, -0.05) is 30.3 Å². The van der Waals surface area contributed by atoms with Crippen LogP contribution in [0.4, 0.5) is 5.69 Å². The molecular formula is C20H21N5O2. The third-order valence-electron chi connectivity index (χ3n) is 4.84. The standard InChI is InChI=1S/C20H21N5O2/c1-14(15-7-8-15)24-12-17(11-21-24)22-19(26)13-25-20(27)10-9-18(23-25)16-5-3-2-4-6-16/h2-6,9-12,14-15H,7-8,13H2,1H3,(H,22,26). The van der Waals surface area contributed by atoms with Crippen molar-refractivity contribution in [3.05, 3.63) is 65.2 Å². The summed E-state index contributed by atoms with van der Waals surface area (Å²) in [4.78, 5) is 24.4. The summed E-state index contributed by atoms with van der Waals surface area (Å²) >= 11 is 0. The van der Waals surface area contributed by atoms with E-state index in [-0.39, 0.29) is 18.0 Å². The van der Waals surface area contributed by atoms with Gasteiger partial charge in [0.1, 0.15) is 6.54 Å². The molecule has 7 nitrogen and oxygen atoms in total. The van der Waals surface area contributed by atoms with Gasteiger partial charge in [-0.15, -0.1) is 0 Å². The van der Waals surface area contributed by atoms with E-state index in [4.69, 9.17) is 0 Å². The average molecular weight is 363 g/mol.